The van der Waals surface area contributed by atoms with Crippen LogP contribution in [-0.4, -0.2) is 41.7 Å². The van der Waals surface area contributed by atoms with Crippen LogP contribution in [0.4, 0.5) is 4.79 Å². The molecule has 2 N–H and O–H groups in total. The molecular weight excluding hydrogens is 462 g/mol. The van der Waals surface area contributed by atoms with Crippen LogP contribution >= 0.6 is 11.8 Å². The summed E-state index contributed by atoms with van der Waals surface area (Å²) in [5.74, 6) is 0.622. The van der Waals surface area contributed by atoms with Crippen LogP contribution < -0.4 is 10.1 Å². The van der Waals surface area contributed by atoms with Crippen molar-refractivity contribution in [2.75, 3.05) is 12.9 Å². The Bertz CT molecular complexity index is 1140. The molecular formula is C28H31NO5S. The van der Waals surface area contributed by atoms with Gasteiger partial charge in [-0.2, -0.15) is 11.8 Å². The zero-order chi connectivity index (χ0) is 25.4. The molecule has 0 radical (unpaired) electrons. The topological polar surface area (TPSA) is 84.9 Å². The van der Waals surface area contributed by atoms with Crippen molar-refractivity contribution >= 4 is 23.8 Å². The molecule has 0 unspecified atom stereocenters. The van der Waals surface area contributed by atoms with E-state index >= 15 is 0 Å². The zero-order valence-corrected chi connectivity index (χ0v) is 21.2. The molecule has 1 amide bonds. The normalized spacial score (nSPS) is 12.0. The zero-order valence-electron chi connectivity index (χ0n) is 20.4. The first-order valence-corrected chi connectivity index (χ1v) is 12.4. The summed E-state index contributed by atoms with van der Waals surface area (Å²) >= 11 is 1.44. The number of carboxylic acids is 1. The summed E-state index contributed by atoms with van der Waals surface area (Å²) in [7, 11) is 1.67. The number of carbonyl (C=O) groups excluding carboxylic acids is 1. The number of thioether (sulfide) groups is 1. The van der Waals surface area contributed by atoms with Gasteiger partial charge in [-0.05, 0) is 49.1 Å². The highest BCUT2D eigenvalue weighted by molar-refractivity contribution is 7.98. The molecule has 0 fully saturated rings. The fourth-order valence-corrected chi connectivity index (χ4v) is 4.45. The van der Waals surface area contributed by atoms with Gasteiger partial charge >= 0.3 is 12.1 Å². The van der Waals surface area contributed by atoms with E-state index in [2.05, 4.69) is 41.7 Å². The van der Waals surface area contributed by atoms with E-state index in [9.17, 15) is 14.7 Å². The van der Waals surface area contributed by atoms with Gasteiger partial charge in [-0.15, -0.1) is 0 Å². The smallest absolute Gasteiger partial charge is 0.408 e. The number of para-hydroxylation sites is 1. The number of carbonyl (C=O) groups is 2. The number of hydrogen-bond donors (Lipinski definition) is 2. The van der Waals surface area contributed by atoms with E-state index in [1.165, 1.54) is 11.8 Å². The number of nitrogens with one attached hydrogen (secondary N) is 1. The molecule has 0 aliphatic rings. The first-order chi connectivity index (χ1) is 16.7. The Labute approximate surface area is 210 Å². The largest absolute Gasteiger partial charge is 0.496 e. The number of aliphatic carboxylic acids is 1. The average Bonchev–Trinajstić information content (AvgIpc) is 2.82. The standard InChI is InChI=1S/C28H31NO5S/c1-28(2,3)34-27(32)29-24(26(30)31)18-35-17-19-9-11-20(12-10-19)21-13-15-22(16-14-21)23-7-5-6-8-25(23)33-4/h5-16,24H,17-18H2,1-4H3,(H,29,32)(H,30,31)/t24-/m0/s1. The Morgan fingerprint density at radius 2 is 1.49 bits per heavy atom. The minimum atomic E-state index is -1.09. The quantitative estimate of drug-likeness (QED) is 0.367. The van der Waals surface area contributed by atoms with Gasteiger partial charge in [-0.1, -0.05) is 66.7 Å². The maximum atomic E-state index is 11.9. The van der Waals surface area contributed by atoms with E-state index in [-0.39, 0.29) is 5.75 Å². The Morgan fingerprint density at radius 1 is 0.914 bits per heavy atom. The predicted octanol–water partition coefficient (Wildman–Crippen LogP) is 6.24. The third kappa shape index (κ3) is 7.79. The number of rotatable bonds is 9. The van der Waals surface area contributed by atoms with Crippen LogP contribution in [0.25, 0.3) is 22.3 Å². The van der Waals surface area contributed by atoms with Crippen molar-refractivity contribution in [3.05, 3.63) is 78.4 Å². The lowest BCUT2D eigenvalue weighted by atomic mass is 9.99. The molecule has 0 spiro atoms. The Morgan fingerprint density at radius 3 is 2.06 bits per heavy atom. The molecule has 1 atom stereocenters. The SMILES string of the molecule is COc1ccccc1-c1ccc(-c2ccc(CSC[C@H](NC(=O)OC(C)(C)C)C(=O)O)cc2)cc1. The maximum Gasteiger partial charge on any atom is 0.408 e. The van der Waals surface area contributed by atoms with Gasteiger partial charge in [0.15, 0.2) is 0 Å². The summed E-state index contributed by atoms with van der Waals surface area (Å²) in [6, 6.07) is 23.5. The van der Waals surface area contributed by atoms with Crippen LogP contribution in [0.15, 0.2) is 72.8 Å². The van der Waals surface area contributed by atoms with Crippen LogP contribution in [-0.2, 0) is 15.3 Å². The maximum absolute atomic E-state index is 11.9. The Balaban J connectivity index is 1.57. The van der Waals surface area contributed by atoms with Gasteiger partial charge in [-0.25, -0.2) is 9.59 Å². The number of methoxy groups -OCH3 is 1. The van der Waals surface area contributed by atoms with Crippen molar-refractivity contribution in [2.24, 2.45) is 0 Å². The summed E-state index contributed by atoms with van der Waals surface area (Å²) in [4.78, 5) is 23.4. The van der Waals surface area contributed by atoms with Gasteiger partial charge in [0.1, 0.15) is 17.4 Å². The highest BCUT2D eigenvalue weighted by atomic mass is 32.2. The summed E-state index contributed by atoms with van der Waals surface area (Å²) in [6.45, 7) is 5.20. The molecule has 6 nitrogen and oxygen atoms in total. The number of hydrogen-bond acceptors (Lipinski definition) is 5. The van der Waals surface area contributed by atoms with Gasteiger partial charge in [0, 0.05) is 17.1 Å². The van der Waals surface area contributed by atoms with Crippen LogP contribution in [0, 0.1) is 0 Å². The molecule has 0 heterocycles. The van der Waals surface area contributed by atoms with Crippen molar-refractivity contribution < 1.29 is 24.2 Å². The van der Waals surface area contributed by atoms with E-state index in [0.29, 0.717) is 5.75 Å². The van der Waals surface area contributed by atoms with Crippen LogP contribution in [0.1, 0.15) is 26.3 Å². The van der Waals surface area contributed by atoms with Crippen LogP contribution in [0.2, 0.25) is 0 Å². The minimum absolute atomic E-state index is 0.237. The molecule has 184 valence electrons. The first-order valence-electron chi connectivity index (χ1n) is 11.3. The van der Waals surface area contributed by atoms with Crippen LogP contribution in [0.5, 0.6) is 5.75 Å². The van der Waals surface area contributed by atoms with Gasteiger partial charge in [-0.3, -0.25) is 0 Å². The highest BCUT2D eigenvalue weighted by Crippen LogP contribution is 2.31. The molecule has 0 saturated heterocycles. The molecule has 0 aromatic heterocycles. The number of ether oxygens (including phenoxy) is 2. The molecule has 3 rings (SSSR count). The predicted molar refractivity (Wildman–Crippen MR) is 141 cm³/mol. The lowest BCUT2D eigenvalue weighted by molar-refractivity contribution is -0.138. The van der Waals surface area contributed by atoms with Crippen molar-refractivity contribution in [1.29, 1.82) is 0 Å². The molecule has 3 aromatic carbocycles. The summed E-state index contributed by atoms with van der Waals surface area (Å²) < 4.78 is 10.6. The third-order valence-electron chi connectivity index (χ3n) is 5.13. The average molecular weight is 494 g/mol. The van der Waals surface area contributed by atoms with E-state index in [4.69, 9.17) is 9.47 Å². The van der Waals surface area contributed by atoms with Gasteiger partial charge in [0.2, 0.25) is 0 Å². The number of amides is 1. The second-order valence-corrected chi connectivity index (χ2v) is 10.1. The number of alkyl carbamates (subject to hydrolysis) is 1. The van der Waals surface area contributed by atoms with E-state index in [0.717, 1.165) is 33.6 Å². The fraction of sp³-hybridized carbons (Fsp3) is 0.286. The van der Waals surface area contributed by atoms with E-state index in [1.807, 2.05) is 36.4 Å². The monoisotopic (exact) mass is 493 g/mol. The Hall–Kier alpha value is -3.45. The first kappa shape index (κ1) is 26.2. The van der Waals surface area contributed by atoms with E-state index < -0.39 is 23.7 Å². The summed E-state index contributed by atoms with van der Waals surface area (Å²) in [5.41, 5.74) is 4.74. The summed E-state index contributed by atoms with van der Waals surface area (Å²) in [6.07, 6.45) is -0.730. The molecule has 3 aromatic rings. The van der Waals surface area contributed by atoms with Gasteiger partial charge in [0.25, 0.3) is 0 Å². The molecule has 0 aliphatic carbocycles. The van der Waals surface area contributed by atoms with E-state index in [1.54, 1.807) is 27.9 Å². The highest BCUT2D eigenvalue weighted by Gasteiger charge is 2.23. The Kier molecular flexibility index (Phi) is 8.82. The van der Waals surface area contributed by atoms with Crippen molar-refractivity contribution in [1.82, 2.24) is 5.32 Å². The van der Waals surface area contributed by atoms with Gasteiger partial charge in [0.05, 0.1) is 7.11 Å². The third-order valence-corrected chi connectivity index (χ3v) is 6.24. The van der Waals surface area contributed by atoms with Crippen molar-refractivity contribution in [3.8, 4) is 28.0 Å². The second-order valence-electron chi connectivity index (χ2n) is 9.03. The summed E-state index contributed by atoms with van der Waals surface area (Å²) in [5, 5.41) is 11.8. The molecule has 35 heavy (non-hydrogen) atoms. The van der Waals surface area contributed by atoms with Crippen molar-refractivity contribution in [3.63, 3.8) is 0 Å². The minimum Gasteiger partial charge on any atom is -0.496 e. The lowest BCUT2D eigenvalue weighted by Crippen LogP contribution is -2.44. The van der Waals surface area contributed by atoms with Gasteiger partial charge < -0.3 is 19.9 Å². The van der Waals surface area contributed by atoms with Crippen LogP contribution in [0.3, 0.4) is 0 Å². The molecule has 0 saturated carbocycles. The second kappa shape index (κ2) is 11.8. The van der Waals surface area contributed by atoms with Crippen molar-refractivity contribution in [2.45, 2.75) is 38.2 Å². The number of benzene rings is 3. The molecule has 0 bridgehead atoms. The number of carboxylic acid groups (broad SMARTS) is 1. The molecule has 7 heteroatoms. The lowest BCUT2D eigenvalue weighted by Gasteiger charge is -2.21. The molecule has 0 aliphatic heterocycles. The fourth-order valence-electron chi connectivity index (χ4n) is 3.44.